The third-order valence-electron chi connectivity index (χ3n) is 8.69. The number of carbonyl (C=O) groups excluding carboxylic acids is 8. The van der Waals surface area contributed by atoms with Gasteiger partial charge in [0.25, 0.3) is 0 Å². The summed E-state index contributed by atoms with van der Waals surface area (Å²) < 4.78 is 1.04. The number of hydrogen-bond donors (Lipinski definition) is 11. The Morgan fingerprint density at radius 2 is 1.35 bits per heavy atom. The maximum Gasteiger partial charge on any atom is 0.245 e. The summed E-state index contributed by atoms with van der Waals surface area (Å²) in [4.78, 5) is 99.6. The van der Waals surface area contributed by atoms with Crippen molar-refractivity contribution in [3.8, 4) is 11.8 Å². The van der Waals surface area contributed by atoms with Crippen molar-refractivity contribution in [2.45, 2.75) is 134 Å². The maximum atomic E-state index is 13.2. The highest BCUT2D eigenvalue weighted by molar-refractivity contribution is 7.99. The predicted molar refractivity (Wildman–Crippen MR) is 212 cm³/mol. The second-order valence-corrected chi connectivity index (χ2v) is 14.6. The molecular formula is C36H62N10O10S. The van der Waals surface area contributed by atoms with E-state index in [-0.39, 0.29) is 66.8 Å². The predicted octanol–water partition coefficient (Wildman–Crippen LogP) is -1.30. The van der Waals surface area contributed by atoms with Crippen LogP contribution in [0.2, 0.25) is 0 Å². The van der Waals surface area contributed by atoms with Gasteiger partial charge in [-0.25, -0.2) is 0 Å². The highest BCUT2D eigenvalue weighted by Gasteiger charge is 2.28. The van der Waals surface area contributed by atoms with Gasteiger partial charge in [0, 0.05) is 64.2 Å². The number of aromatic hydroxyl groups is 2. The molecule has 1 heterocycles. The smallest absolute Gasteiger partial charge is 0.245 e. The van der Waals surface area contributed by atoms with Gasteiger partial charge in [-0.2, -0.15) is 0 Å². The molecule has 21 heteroatoms. The Morgan fingerprint density at radius 1 is 0.754 bits per heavy atom. The van der Waals surface area contributed by atoms with Crippen molar-refractivity contribution in [3.05, 3.63) is 6.07 Å². The first-order valence-electron chi connectivity index (χ1n) is 19.2. The van der Waals surface area contributed by atoms with E-state index in [2.05, 4.69) is 37.2 Å². The molecule has 322 valence electrons. The van der Waals surface area contributed by atoms with E-state index in [0.29, 0.717) is 51.6 Å². The fraction of sp³-hybridized carbons (Fsp3) is 0.667. The van der Waals surface area contributed by atoms with Crippen molar-refractivity contribution in [3.63, 3.8) is 0 Å². The molecule has 0 aromatic carbocycles. The minimum atomic E-state index is -1.23. The molecule has 0 aliphatic rings. The summed E-state index contributed by atoms with van der Waals surface area (Å²) in [5, 5.41) is 39.7. The van der Waals surface area contributed by atoms with Gasteiger partial charge in [-0.05, 0) is 58.4 Å². The first-order valence-corrected chi connectivity index (χ1v) is 20.1. The number of nitrogens with zero attached hydrogens (tertiary/aromatic N) is 1. The highest BCUT2D eigenvalue weighted by Crippen LogP contribution is 2.35. The van der Waals surface area contributed by atoms with E-state index < -0.39 is 65.5 Å². The summed E-state index contributed by atoms with van der Waals surface area (Å²) in [5.41, 5.74) is 11.1. The van der Waals surface area contributed by atoms with Crippen LogP contribution in [0, 0.1) is 0 Å². The first-order chi connectivity index (χ1) is 26.9. The van der Waals surface area contributed by atoms with Crippen LogP contribution in [0.3, 0.4) is 0 Å². The van der Waals surface area contributed by atoms with Crippen molar-refractivity contribution < 1.29 is 48.6 Å². The average Bonchev–Trinajstić information content (AvgIpc) is 3.42. The molecule has 1 aromatic rings. The van der Waals surface area contributed by atoms with Crippen LogP contribution in [0.1, 0.15) is 92.4 Å². The zero-order chi connectivity index (χ0) is 43.1. The van der Waals surface area contributed by atoms with Gasteiger partial charge in [-0.15, -0.1) is 11.8 Å². The van der Waals surface area contributed by atoms with Gasteiger partial charge in [-0.3, -0.25) is 42.9 Å². The largest absolute Gasteiger partial charge is 0.494 e. The van der Waals surface area contributed by atoms with E-state index in [4.69, 9.17) is 11.5 Å². The molecule has 0 saturated carbocycles. The number of amides is 8. The van der Waals surface area contributed by atoms with E-state index in [1.807, 2.05) is 13.8 Å². The van der Waals surface area contributed by atoms with Crippen LogP contribution in [0.25, 0.3) is 0 Å². The number of nitrogens with one attached hydrogen (secondary N) is 7. The normalized spacial score (nSPS) is 13.5. The summed E-state index contributed by atoms with van der Waals surface area (Å²) in [7, 11) is 0. The molecule has 0 spiro atoms. The number of hydrogen-bond acceptors (Lipinski definition) is 12. The van der Waals surface area contributed by atoms with Crippen LogP contribution in [-0.2, 0) is 44.9 Å². The van der Waals surface area contributed by atoms with Gasteiger partial charge >= 0.3 is 0 Å². The van der Waals surface area contributed by atoms with E-state index in [9.17, 15) is 48.6 Å². The molecule has 8 amide bonds. The van der Waals surface area contributed by atoms with E-state index >= 15 is 0 Å². The zero-order valence-electron chi connectivity index (χ0n) is 33.5. The van der Waals surface area contributed by atoms with Crippen molar-refractivity contribution in [1.82, 2.24) is 41.8 Å². The molecule has 20 nitrogen and oxygen atoms in total. The number of carbonyl (C=O) groups is 8. The summed E-state index contributed by atoms with van der Waals surface area (Å²) in [6.07, 6.45) is 3.31. The van der Waals surface area contributed by atoms with E-state index in [0.717, 1.165) is 16.3 Å². The molecule has 0 fully saturated rings. The Hall–Kier alpha value is -5.05. The number of aromatic nitrogens is 1. The summed E-state index contributed by atoms with van der Waals surface area (Å²) in [5.74, 6) is -5.30. The van der Waals surface area contributed by atoms with Crippen LogP contribution in [0.15, 0.2) is 11.0 Å². The molecule has 13 N–H and O–H groups in total. The van der Waals surface area contributed by atoms with Crippen molar-refractivity contribution in [1.29, 1.82) is 0 Å². The summed E-state index contributed by atoms with van der Waals surface area (Å²) in [6, 6.07) is -3.25. The molecule has 0 aliphatic heterocycles. The van der Waals surface area contributed by atoms with Gasteiger partial charge in [0.1, 0.15) is 24.2 Å². The Bertz CT molecular complexity index is 1520. The standard InChI is InChI=1S/C36H62N10O10S/c1-6-21(3)41-33(53)25(12-8-10-15-37)44-35(55)26(42-23(5)48)19-40-30(50)14-17-46-31(51)18-28(36(46)56)57-20-27(32(38)52)45-34(54)24(43-29(49)7-2)13-9-11-16-39-22(4)47/h18,21,24-27,51,56H,6-17,19-20,37H2,1-5H3,(H2,38,52)(H,39,47)(H,40,50)(H,41,53)(H,42,48)(H,43,49)(H,44,55)(H,45,54). The van der Waals surface area contributed by atoms with Crippen LogP contribution in [0.5, 0.6) is 11.8 Å². The molecule has 1 aromatic heterocycles. The van der Waals surface area contributed by atoms with Gasteiger partial charge in [0.2, 0.25) is 53.1 Å². The van der Waals surface area contributed by atoms with Gasteiger partial charge in [-0.1, -0.05) is 13.8 Å². The van der Waals surface area contributed by atoms with Crippen molar-refractivity contribution in [2.75, 3.05) is 25.4 Å². The molecule has 0 aliphatic carbocycles. The van der Waals surface area contributed by atoms with Crippen LogP contribution < -0.4 is 48.7 Å². The van der Waals surface area contributed by atoms with Gasteiger partial charge in [0.15, 0.2) is 5.88 Å². The lowest BCUT2D eigenvalue weighted by molar-refractivity contribution is -0.132. The molecule has 57 heavy (non-hydrogen) atoms. The van der Waals surface area contributed by atoms with Crippen molar-refractivity contribution in [2.24, 2.45) is 11.5 Å². The number of thioether (sulfide) groups is 1. The monoisotopic (exact) mass is 826 g/mol. The Kier molecular flexibility index (Phi) is 23.4. The first kappa shape index (κ1) is 50.0. The van der Waals surface area contributed by atoms with Crippen molar-refractivity contribution >= 4 is 59.0 Å². The lowest BCUT2D eigenvalue weighted by atomic mass is 10.1. The molecule has 0 saturated heterocycles. The fourth-order valence-corrected chi connectivity index (χ4v) is 6.24. The molecule has 5 atom stereocenters. The number of primary amides is 1. The highest BCUT2D eigenvalue weighted by atomic mass is 32.2. The minimum absolute atomic E-state index is 0.114. The third kappa shape index (κ3) is 19.6. The number of rotatable bonds is 28. The zero-order valence-corrected chi connectivity index (χ0v) is 34.4. The van der Waals surface area contributed by atoms with E-state index in [1.54, 1.807) is 6.92 Å². The maximum absolute atomic E-state index is 13.2. The van der Waals surface area contributed by atoms with E-state index in [1.165, 1.54) is 19.9 Å². The van der Waals surface area contributed by atoms with Crippen LogP contribution in [-0.4, -0.2) is 118 Å². The fourth-order valence-electron chi connectivity index (χ4n) is 5.22. The van der Waals surface area contributed by atoms with Crippen LogP contribution in [0.4, 0.5) is 0 Å². The topological polar surface area (TPSA) is 318 Å². The molecule has 0 radical (unpaired) electrons. The number of unbranched alkanes of at least 4 members (excludes halogenated alkanes) is 2. The SMILES string of the molecule is CCC(=O)NC(CCCCNC(C)=O)C(=O)NC(CSc1cc(O)n(CCC(=O)NCC(NC(C)=O)C(=O)NC(CCCCN)C(=O)NC(C)CC)c1O)C(N)=O. The van der Waals surface area contributed by atoms with Crippen LogP contribution >= 0.6 is 11.8 Å². The lowest BCUT2D eigenvalue weighted by Crippen LogP contribution is -2.57. The molecule has 5 unspecified atom stereocenters. The third-order valence-corrected chi connectivity index (χ3v) is 9.80. The Balaban J connectivity index is 2.89. The summed E-state index contributed by atoms with van der Waals surface area (Å²) in [6.45, 7) is 8.21. The lowest BCUT2D eigenvalue weighted by Gasteiger charge is -2.24. The Morgan fingerprint density at radius 3 is 1.93 bits per heavy atom. The second-order valence-electron chi connectivity index (χ2n) is 13.5. The van der Waals surface area contributed by atoms with Gasteiger partial charge < -0.3 is 58.9 Å². The Labute approximate surface area is 337 Å². The second kappa shape index (κ2) is 26.7. The van der Waals surface area contributed by atoms with Gasteiger partial charge in [0.05, 0.1) is 4.90 Å². The molecule has 1 rings (SSSR count). The number of nitrogens with two attached hydrogens (primary N) is 2. The average molecular weight is 827 g/mol. The summed E-state index contributed by atoms with van der Waals surface area (Å²) >= 11 is 0.898. The minimum Gasteiger partial charge on any atom is -0.494 e. The molecular weight excluding hydrogens is 765 g/mol. The molecule has 0 bridgehead atoms. The quantitative estimate of drug-likeness (QED) is 0.0347.